The highest BCUT2D eigenvalue weighted by Gasteiger charge is 2.29. The summed E-state index contributed by atoms with van der Waals surface area (Å²) in [5.41, 5.74) is 1.02. The second kappa shape index (κ2) is 11.4. The first-order valence-corrected chi connectivity index (χ1v) is 10.6. The molecule has 3 rings (SSSR count). The Hall–Kier alpha value is -1.43. The predicted octanol–water partition coefficient (Wildman–Crippen LogP) is 3.26. The van der Waals surface area contributed by atoms with Gasteiger partial charge in [0, 0.05) is 6.54 Å². The molecule has 1 aromatic carbocycles. The van der Waals surface area contributed by atoms with E-state index in [9.17, 15) is 4.79 Å². The minimum Gasteiger partial charge on any atom is -0.462 e. The molecular weight excluding hydrogens is 340 g/mol. The largest absolute Gasteiger partial charge is 0.462 e. The summed E-state index contributed by atoms with van der Waals surface area (Å²) in [6, 6.07) is 9.72. The van der Waals surface area contributed by atoms with E-state index in [4.69, 9.17) is 9.47 Å². The number of nitrogens with zero attached hydrogens (tertiary/aromatic N) is 2. The van der Waals surface area contributed by atoms with Gasteiger partial charge in [0.1, 0.15) is 12.6 Å². The Morgan fingerprint density at radius 2 is 1.52 bits per heavy atom. The molecule has 150 valence electrons. The smallest absolute Gasteiger partial charge is 0.328 e. The second-order valence-electron chi connectivity index (χ2n) is 7.59. The minimum absolute atomic E-state index is 0.150. The van der Waals surface area contributed by atoms with Gasteiger partial charge in [0.05, 0.1) is 13.2 Å². The van der Waals surface area contributed by atoms with Crippen LogP contribution in [0.3, 0.4) is 0 Å². The first kappa shape index (κ1) is 20.3. The van der Waals surface area contributed by atoms with Crippen LogP contribution in [0.25, 0.3) is 0 Å². The molecule has 27 heavy (non-hydrogen) atoms. The van der Waals surface area contributed by atoms with Crippen LogP contribution in [0.4, 0.5) is 0 Å². The van der Waals surface area contributed by atoms with Crippen LogP contribution in [-0.2, 0) is 14.3 Å². The van der Waals surface area contributed by atoms with Crippen molar-refractivity contribution in [2.24, 2.45) is 0 Å². The van der Waals surface area contributed by atoms with Gasteiger partial charge in [-0.25, -0.2) is 4.79 Å². The van der Waals surface area contributed by atoms with Crippen LogP contribution in [0.2, 0.25) is 0 Å². The summed E-state index contributed by atoms with van der Waals surface area (Å²) in [6.45, 7) is 6.79. The fraction of sp³-hybridized carbons (Fsp3) is 0.682. The number of carbonyl (C=O) groups is 1. The molecule has 0 bridgehead atoms. The first-order chi connectivity index (χ1) is 13.3. The SMILES string of the molecule is O=C(OCCOCCN1CCCCC1)C(c1ccccc1)N1CCCCC1. The molecule has 2 aliphatic rings. The van der Waals surface area contributed by atoms with E-state index in [1.54, 1.807) is 0 Å². The predicted molar refractivity (Wildman–Crippen MR) is 107 cm³/mol. The molecule has 1 aromatic rings. The Bertz CT molecular complexity index is 540. The molecular formula is C22H34N2O3. The van der Waals surface area contributed by atoms with E-state index in [0.29, 0.717) is 19.8 Å². The van der Waals surface area contributed by atoms with Crippen LogP contribution in [0, 0.1) is 0 Å². The van der Waals surface area contributed by atoms with Crippen molar-refractivity contribution in [1.29, 1.82) is 0 Å². The number of rotatable bonds is 9. The van der Waals surface area contributed by atoms with Gasteiger partial charge in [-0.1, -0.05) is 43.2 Å². The highest BCUT2D eigenvalue weighted by Crippen LogP contribution is 2.25. The Labute approximate surface area is 163 Å². The average molecular weight is 375 g/mol. The van der Waals surface area contributed by atoms with E-state index in [1.807, 2.05) is 30.3 Å². The molecule has 1 atom stereocenters. The fourth-order valence-electron chi connectivity index (χ4n) is 4.07. The van der Waals surface area contributed by atoms with E-state index in [2.05, 4.69) is 9.80 Å². The Balaban J connectivity index is 1.41. The highest BCUT2D eigenvalue weighted by molar-refractivity contribution is 5.77. The van der Waals surface area contributed by atoms with Gasteiger partial charge in [-0.15, -0.1) is 0 Å². The van der Waals surface area contributed by atoms with E-state index in [-0.39, 0.29) is 12.0 Å². The molecule has 1 unspecified atom stereocenters. The Morgan fingerprint density at radius 1 is 0.852 bits per heavy atom. The van der Waals surface area contributed by atoms with Crippen molar-refractivity contribution >= 4 is 5.97 Å². The average Bonchev–Trinajstić information content (AvgIpc) is 2.73. The monoisotopic (exact) mass is 374 g/mol. The number of ether oxygens (including phenoxy) is 2. The van der Waals surface area contributed by atoms with E-state index < -0.39 is 0 Å². The molecule has 2 fully saturated rings. The molecule has 0 radical (unpaired) electrons. The number of benzene rings is 1. The molecule has 5 heteroatoms. The summed E-state index contributed by atoms with van der Waals surface area (Å²) in [7, 11) is 0. The van der Waals surface area contributed by atoms with Crippen molar-refractivity contribution in [1.82, 2.24) is 9.80 Å². The molecule has 0 aromatic heterocycles. The summed E-state index contributed by atoms with van der Waals surface area (Å²) in [4.78, 5) is 17.5. The number of hydrogen-bond donors (Lipinski definition) is 0. The number of hydrogen-bond acceptors (Lipinski definition) is 5. The van der Waals surface area contributed by atoms with Crippen LogP contribution in [0.1, 0.15) is 50.1 Å². The van der Waals surface area contributed by atoms with Crippen molar-refractivity contribution in [3.63, 3.8) is 0 Å². The third-order valence-electron chi connectivity index (χ3n) is 5.57. The molecule has 2 saturated heterocycles. The summed E-state index contributed by atoms with van der Waals surface area (Å²) in [5.74, 6) is -0.150. The number of likely N-dealkylation sites (tertiary alicyclic amines) is 2. The van der Waals surface area contributed by atoms with E-state index in [1.165, 1.54) is 38.8 Å². The Morgan fingerprint density at radius 3 is 2.22 bits per heavy atom. The molecule has 0 aliphatic carbocycles. The molecule has 5 nitrogen and oxygen atoms in total. The zero-order valence-corrected chi connectivity index (χ0v) is 16.5. The van der Waals surface area contributed by atoms with Crippen molar-refractivity contribution in [3.8, 4) is 0 Å². The lowest BCUT2D eigenvalue weighted by Crippen LogP contribution is -2.39. The van der Waals surface area contributed by atoms with E-state index >= 15 is 0 Å². The van der Waals surface area contributed by atoms with Crippen LogP contribution in [0.5, 0.6) is 0 Å². The van der Waals surface area contributed by atoms with Crippen molar-refractivity contribution in [2.75, 3.05) is 52.5 Å². The third kappa shape index (κ3) is 6.59. The van der Waals surface area contributed by atoms with Gasteiger partial charge in [0.15, 0.2) is 0 Å². The van der Waals surface area contributed by atoms with Gasteiger partial charge < -0.3 is 14.4 Å². The molecule has 0 saturated carbocycles. The summed E-state index contributed by atoms with van der Waals surface area (Å²) < 4.78 is 11.3. The van der Waals surface area contributed by atoms with Crippen molar-refractivity contribution in [2.45, 2.75) is 44.6 Å². The normalized spacial score (nSPS) is 20.3. The highest BCUT2D eigenvalue weighted by atomic mass is 16.6. The van der Waals surface area contributed by atoms with Gasteiger partial charge >= 0.3 is 5.97 Å². The van der Waals surface area contributed by atoms with E-state index in [0.717, 1.165) is 38.0 Å². The maximum Gasteiger partial charge on any atom is 0.328 e. The summed E-state index contributed by atoms with van der Waals surface area (Å²) in [5, 5.41) is 0. The molecule has 2 aliphatic heterocycles. The Kier molecular flexibility index (Phi) is 8.59. The number of esters is 1. The van der Waals surface area contributed by atoms with Gasteiger partial charge in [-0.2, -0.15) is 0 Å². The second-order valence-corrected chi connectivity index (χ2v) is 7.59. The number of carbonyl (C=O) groups excluding carboxylic acids is 1. The maximum absolute atomic E-state index is 12.8. The lowest BCUT2D eigenvalue weighted by Gasteiger charge is -2.33. The van der Waals surface area contributed by atoms with Crippen LogP contribution in [0.15, 0.2) is 30.3 Å². The lowest BCUT2D eigenvalue weighted by atomic mass is 10.0. The molecule has 0 amide bonds. The van der Waals surface area contributed by atoms with Gasteiger partial charge in [-0.3, -0.25) is 4.90 Å². The minimum atomic E-state index is -0.292. The quantitative estimate of drug-likeness (QED) is 0.490. The van der Waals surface area contributed by atoms with Crippen molar-refractivity contribution < 1.29 is 14.3 Å². The van der Waals surface area contributed by atoms with Gasteiger partial charge in [0.25, 0.3) is 0 Å². The first-order valence-electron chi connectivity index (χ1n) is 10.6. The summed E-state index contributed by atoms with van der Waals surface area (Å²) in [6.07, 6.45) is 7.50. The maximum atomic E-state index is 12.8. The van der Waals surface area contributed by atoms with Crippen LogP contribution < -0.4 is 0 Å². The van der Waals surface area contributed by atoms with Crippen LogP contribution in [-0.4, -0.2) is 68.3 Å². The zero-order chi connectivity index (χ0) is 18.7. The standard InChI is InChI=1S/C22H34N2O3/c25-22(27-19-18-26-17-16-23-12-6-2-7-13-23)21(20-10-4-1-5-11-20)24-14-8-3-9-15-24/h1,4-5,10-11,21H,2-3,6-9,12-19H2. The fourth-order valence-corrected chi connectivity index (χ4v) is 4.07. The molecule has 0 N–H and O–H groups in total. The lowest BCUT2D eigenvalue weighted by molar-refractivity contribution is -0.152. The van der Waals surface area contributed by atoms with Gasteiger partial charge in [-0.05, 0) is 57.4 Å². The van der Waals surface area contributed by atoms with Crippen LogP contribution >= 0.6 is 0 Å². The van der Waals surface area contributed by atoms with Gasteiger partial charge in [0.2, 0.25) is 0 Å². The zero-order valence-electron chi connectivity index (χ0n) is 16.5. The molecule has 0 spiro atoms. The summed E-state index contributed by atoms with van der Waals surface area (Å²) >= 11 is 0. The third-order valence-corrected chi connectivity index (χ3v) is 5.57. The molecule has 2 heterocycles. The topological polar surface area (TPSA) is 42.0 Å². The number of piperidine rings is 2. The van der Waals surface area contributed by atoms with Crippen molar-refractivity contribution in [3.05, 3.63) is 35.9 Å².